The minimum absolute atomic E-state index is 0. The van der Waals surface area contributed by atoms with E-state index in [9.17, 15) is 0 Å². The lowest BCUT2D eigenvalue weighted by Gasteiger charge is -2.02. The van der Waals surface area contributed by atoms with E-state index < -0.39 is 0 Å². The van der Waals surface area contributed by atoms with E-state index in [0.717, 1.165) is 37.0 Å². The first-order chi connectivity index (χ1) is 13.9. The summed E-state index contributed by atoms with van der Waals surface area (Å²) in [7, 11) is 0. The summed E-state index contributed by atoms with van der Waals surface area (Å²) in [6.45, 7) is 13.4. The molecule has 0 fully saturated rings. The lowest BCUT2D eigenvalue weighted by molar-refractivity contribution is 0.640. The van der Waals surface area contributed by atoms with Gasteiger partial charge in [0.05, 0.1) is 0 Å². The van der Waals surface area contributed by atoms with Crippen LogP contribution >= 0.6 is 0 Å². The van der Waals surface area contributed by atoms with Crippen LogP contribution in [-0.2, 0) is 12.8 Å². The number of allylic oxidation sites excluding steroid dienone is 2. The molecule has 0 radical (unpaired) electrons. The summed E-state index contributed by atoms with van der Waals surface area (Å²) >= 11 is 0. The molecule has 0 unspecified atom stereocenters. The van der Waals surface area contributed by atoms with Crippen LogP contribution in [0, 0.1) is 17.8 Å². The largest absolute Gasteiger partial charge is 0.266 e. The second-order valence-electron chi connectivity index (χ2n) is 8.88. The molecule has 1 aromatic carbocycles. The van der Waals surface area contributed by atoms with Gasteiger partial charge in [0, 0.05) is 30.7 Å². The molecule has 0 atom stereocenters. The monoisotopic (exact) mass is 408 g/mol. The van der Waals surface area contributed by atoms with Gasteiger partial charge in [-0.25, -0.2) is 0 Å². The molecule has 0 saturated carbocycles. The standard InChI is InChI=1S/C10H14.C9H13N.C8H13N.CH4/c1-9(2)8-10-6-4-3-5-7-10;1-8(2)7-9-3-5-10-6-4-9;1-7(2)6-8-4-3-5-9-8;/h3-7,9H,8H2,1-2H3;3-6,8H,7H2,1-2H3;4-5,7H,3,6H2,1-2H3;1H4. The Hall–Kier alpha value is -2.22. The highest BCUT2D eigenvalue weighted by atomic mass is 14.7. The highest BCUT2D eigenvalue weighted by Crippen LogP contribution is 2.15. The summed E-state index contributed by atoms with van der Waals surface area (Å²) in [6.07, 6.45) is 12.4. The van der Waals surface area contributed by atoms with Crippen LogP contribution in [0.25, 0.3) is 0 Å². The molecule has 1 aliphatic rings. The van der Waals surface area contributed by atoms with Crippen molar-refractivity contribution in [1.29, 1.82) is 0 Å². The number of hydrogen-bond acceptors (Lipinski definition) is 2. The fourth-order valence-electron chi connectivity index (χ4n) is 3.04. The van der Waals surface area contributed by atoms with E-state index in [1.54, 1.807) is 0 Å². The highest BCUT2D eigenvalue weighted by Gasteiger charge is 2.01. The Morgan fingerprint density at radius 3 is 1.63 bits per heavy atom. The van der Waals surface area contributed by atoms with Gasteiger partial charge in [-0.05, 0) is 60.3 Å². The number of pyridine rings is 1. The predicted molar refractivity (Wildman–Crippen MR) is 135 cm³/mol. The maximum absolute atomic E-state index is 4.21. The van der Waals surface area contributed by atoms with Crippen molar-refractivity contribution in [2.45, 2.75) is 74.7 Å². The van der Waals surface area contributed by atoms with Crippen LogP contribution in [0.3, 0.4) is 0 Å². The van der Waals surface area contributed by atoms with E-state index >= 15 is 0 Å². The Labute approximate surface area is 186 Å². The van der Waals surface area contributed by atoms with Crippen molar-refractivity contribution < 1.29 is 0 Å². The minimum Gasteiger partial charge on any atom is -0.266 e. The fraction of sp³-hybridized carbons (Fsp3) is 0.500. The molecule has 0 spiro atoms. The van der Waals surface area contributed by atoms with Crippen molar-refractivity contribution in [2.75, 3.05) is 0 Å². The molecule has 2 aromatic rings. The molecule has 1 aliphatic heterocycles. The fourth-order valence-corrected chi connectivity index (χ4v) is 3.04. The number of aromatic nitrogens is 1. The van der Waals surface area contributed by atoms with Gasteiger partial charge in [0.1, 0.15) is 0 Å². The third-order valence-corrected chi connectivity index (χ3v) is 4.21. The molecule has 0 N–H and O–H groups in total. The highest BCUT2D eigenvalue weighted by molar-refractivity contribution is 5.64. The summed E-state index contributed by atoms with van der Waals surface area (Å²) in [5.41, 5.74) is 4.09. The Morgan fingerprint density at radius 2 is 1.20 bits per heavy atom. The van der Waals surface area contributed by atoms with Gasteiger partial charge in [-0.2, -0.15) is 0 Å². The molecule has 2 heteroatoms. The summed E-state index contributed by atoms with van der Waals surface area (Å²) in [5.74, 6) is 2.25. The van der Waals surface area contributed by atoms with Gasteiger partial charge >= 0.3 is 0 Å². The van der Waals surface area contributed by atoms with Gasteiger partial charge in [0.25, 0.3) is 0 Å². The number of hydrogen-bond donors (Lipinski definition) is 0. The third kappa shape index (κ3) is 14.7. The van der Waals surface area contributed by atoms with Crippen LogP contribution in [-0.4, -0.2) is 11.2 Å². The molecule has 0 saturated heterocycles. The molecular weight excluding hydrogens is 364 g/mol. The molecule has 0 bridgehead atoms. The average Bonchev–Trinajstić information content (AvgIpc) is 3.16. The molecule has 30 heavy (non-hydrogen) atoms. The van der Waals surface area contributed by atoms with Crippen LogP contribution in [0.4, 0.5) is 0 Å². The normalized spacial score (nSPS) is 12.0. The number of aliphatic imine (C=N–C) groups is 1. The van der Waals surface area contributed by atoms with Gasteiger partial charge in [-0.3, -0.25) is 9.98 Å². The van der Waals surface area contributed by atoms with Gasteiger partial charge < -0.3 is 0 Å². The van der Waals surface area contributed by atoms with Crippen LogP contribution in [0.15, 0.2) is 71.6 Å². The third-order valence-electron chi connectivity index (χ3n) is 4.21. The second-order valence-corrected chi connectivity index (χ2v) is 8.88. The lowest BCUT2D eigenvalue weighted by atomic mass is 10.0. The first kappa shape index (κ1) is 27.8. The maximum atomic E-state index is 4.21. The smallest absolute Gasteiger partial charge is 0.0366 e. The van der Waals surface area contributed by atoms with Gasteiger partial charge in [-0.15, -0.1) is 0 Å². The molecule has 2 heterocycles. The topological polar surface area (TPSA) is 25.2 Å². The predicted octanol–water partition coefficient (Wildman–Crippen LogP) is 8.19. The quantitative estimate of drug-likeness (QED) is 0.473. The average molecular weight is 409 g/mol. The van der Waals surface area contributed by atoms with Crippen molar-refractivity contribution in [3.8, 4) is 0 Å². The van der Waals surface area contributed by atoms with E-state index in [1.807, 2.05) is 18.6 Å². The SMILES string of the molecule is C.CC(C)CC1=CCC=N1.CC(C)Cc1ccccc1.CC(C)Cc1ccncc1. The van der Waals surface area contributed by atoms with Crippen molar-refractivity contribution in [2.24, 2.45) is 22.7 Å². The second kappa shape index (κ2) is 16.6. The lowest BCUT2D eigenvalue weighted by Crippen LogP contribution is -1.92. The van der Waals surface area contributed by atoms with Crippen molar-refractivity contribution >= 4 is 6.21 Å². The van der Waals surface area contributed by atoms with Crippen LogP contribution in [0.5, 0.6) is 0 Å². The van der Waals surface area contributed by atoms with E-state index in [2.05, 4.69) is 100 Å². The molecule has 0 aliphatic carbocycles. The molecule has 3 rings (SSSR count). The first-order valence-electron chi connectivity index (χ1n) is 11.0. The number of nitrogens with zero attached hydrogens (tertiary/aromatic N) is 2. The minimum atomic E-state index is 0. The van der Waals surface area contributed by atoms with E-state index in [-0.39, 0.29) is 7.43 Å². The van der Waals surface area contributed by atoms with E-state index in [1.165, 1.54) is 23.2 Å². The van der Waals surface area contributed by atoms with Gasteiger partial charge in [-0.1, -0.05) is 85.4 Å². The zero-order chi connectivity index (χ0) is 21.5. The Balaban J connectivity index is 0.000000414. The summed E-state index contributed by atoms with van der Waals surface area (Å²) in [6, 6.07) is 14.7. The molecule has 166 valence electrons. The van der Waals surface area contributed by atoms with E-state index in [4.69, 9.17) is 0 Å². The zero-order valence-corrected chi connectivity index (χ0v) is 19.3. The molecule has 1 aromatic heterocycles. The summed E-state index contributed by atoms with van der Waals surface area (Å²) < 4.78 is 0. The van der Waals surface area contributed by atoms with Gasteiger partial charge in [0.15, 0.2) is 0 Å². The maximum Gasteiger partial charge on any atom is 0.0366 e. The molecule has 2 nitrogen and oxygen atoms in total. The summed E-state index contributed by atoms with van der Waals surface area (Å²) in [5, 5.41) is 0. The van der Waals surface area contributed by atoms with E-state index in [0.29, 0.717) is 0 Å². The Bertz CT molecular complexity index is 652. The zero-order valence-electron chi connectivity index (χ0n) is 19.3. The van der Waals surface area contributed by atoms with Crippen LogP contribution in [0.1, 0.15) is 72.9 Å². The number of benzene rings is 1. The Kier molecular flexibility index (Phi) is 15.3. The molecular formula is C28H44N2. The van der Waals surface area contributed by atoms with Crippen LogP contribution < -0.4 is 0 Å². The first-order valence-corrected chi connectivity index (χ1v) is 11.0. The summed E-state index contributed by atoms with van der Waals surface area (Å²) in [4.78, 5) is 8.16. The number of rotatable bonds is 6. The van der Waals surface area contributed by atoms with Crippen molar-refractivity contribution in [3.63, 3.8) is 0 Å². The molecule has 0 amide bonds. The van der Waals surface area contributed by atoms with Gasteiger partial charge in [0.2, 0.25) is 0 Å². The Morgan fingerprint density at radius 1 is 0.700 bits per heavy atom. The van der Waals surface area contributed by atoms with Crippen LogP contribution in [0.2, 0.25) is 0 Å². The van der Waals surface area contributed by atoms with Crippen molar-refractivity contribution in [3.05, 3.63) is 77.8 Å². The van der Waals surface area contributed by atoms with Crippen molar-refractivity contribution in [1.82, 2.24) is 4.98 Å².